The number of likely N-dealkylation sites (N-methyl/N-ethyl adjacent to an activating group) is 1. The van der Waals surface area contributed by atoms with Crippen LogP contribution < -0.4 is 0 Å². The van der Waals surface area contributed by atoms with E-state index >= 15 is 0 Å². The van der Waals surface area contributed by atoms with Crippen LogP contribution in [0, 0.1) is 0 Å². The molecular weight excluding hydrogens is 334 g/mol. The predicted molar refractivity (Wildman–Crippen MR) is 85.1 cm³/mol. The number of halogens is 1. The number of aryl methyl sites for hydroxylation is 1. The van der Waals surface area contributed by atoms with E-state index in [4.69, 9.17) is 4.74 Å². The van der Waals surface area contributed by atoms with Crippen molar-refractivity contribution >= 4 is 21.8 Å². The summed E-state index contributed by atoms with van der Waals surface area (Å²) >= 11 is 3.43. The molecule has 1 amide bonds. The first kappa shape index (κ1) is 16.5. The maximum Gasteiger partial charge on any atom is 0.222 e. The fourth-order valence-electron chi connectivity index (χ4n) is 2.57. The average Bonchev–Trinajstić information content (AvgIpc) is 2.45. The largest absolute Gasteiger partial charge is 0.388 e. The van der Waals surface area contributed by atoms with Crippen molar-refractivity contribution in [1.29, 1.82) is 0 Å². The second-order valence-electron chi connectivity index (χ2n) is 5.72. The lowest BCUT2D eigenvalue weighted by atomic mass is 9.94. The van der Waals surface area contributed by atoms with Gasteiger partial charge in [-0.2, -0.15) is 0 Å². The van der Waals surface area contributed by atoms with Gasteiger partial charge in [0.1, 0.15) is 0 Å². The van der Waals surface area contributed by atoms with Gasteiger partial charge in [-0.25, -0.2) is 0 Å². The first-order valence-corrected chi connectivity index (χ1v) is 8.06. The maximum atomic E-state index is 12.2. The van der Waals surface area contributed by atoms with Crippen LogP contribution in [0.2, 0.25) is 0 Å². The Hall–Kier alpha value is -0.910. The summed E-state index contributed by atoms with van der Waals surface area (Å²) < 4.78 is 6.28. The molecule has 4 nitrogen and oxygen atoms in total. The van der Waals surface area contributed by atoms with Crippen molar-refractivity contribution in [2.75, 3.05) is 26.8 Å². The molecule has 2 rings (SSSR count). The van der Waals surface area contributed by atoms with Crippen LogP contribution in [0.5, 0.6) is 0 Å². The summed E-state index contributed by atoms with van der Waals surface area (Å²) in [7, 11) is 1.76. The number of nitrogens with zero attached hydrogens (tertiary/aromatic N) is 1. The standard InChI is InChI=1S/C16H22BrNO3/c1-18(12-16(20)7-9-21-10-8-16)15(19)6-5-13-3-2-4-14(17)11-13/h2-4,11,20H,5-10,12H2,1H3. The Kier molecular flexibility index (Phi) is 5.79. The van der Waals surface area contributed by atoms with Crippen molar-refractivity contribution in [3.63, 3.8) is 0 Å². The quantitative estimate of drug-likeness (QED) is 0.881. The monoisotopic (exact) mass is 355 g/mol. The molecule has 21 heavy (non-hydrogen) atoms. The molecule has 0 spiro atoms. The molecule has 0 aromatic heterocycles. The summed E-state index contributed by atoms with van der Waals surface area (Å²) in [6, 6.07) is 7.99. The number of hydrogen-bond acceptors (Lipinski definition) is 3. The molecule has 1 aliphatic rings. The SMILES string of the molecule is CN(CC1(O)CCOCC1)C(=O)CCc1cccc(Br)c1. The van der Waals surface area contributed by atoms with Gasteiger partial charge in [-0.05, 0) is 24.1 Å². The number of ether oxygens (including phenoxy) is 1. The normalized spacial score (nSPS) is 17.5. The molecule has 1 N–H and O–H groups in total. The molecular formula is C16H22BrNO3. The first-order chi connectivity index (χ1) is 9.98. The number of aliphatic hydroxyl groups is 1. The average molecular weight is 356 g/mol. The Morgan fingerprint density at radius 3 is 2.81 bits per heavy atom. The number of rotatable bonds is 5. The summed E-state index contributed by atoms with van der Waals surface area (Å²) in [6.07, 6.45) is 2.36. The fourth-order valence-corrected chi connectivity index (χ4v) is 3.02. The van der Waals surface area contributed by atoms with Crippen molar-refractivity contribution in [3.05, 3.63) is 34.3 Å². The van der Waals surface area contributed by atoms with Crippen LogP contribution in [-0.4, -0.2) is 48.3 Å². The molecule has 0 unspecified atom stereocenters. The molecule has 0 atom stereocenters. The van der Waals surface area contributed by atoms with Gasteiger partial charge in [-0.3, -0.25) is 4.79 Å². The highest BCUT2D eigenvalue weighted by atomic mass is 79.9. The third-order valence-corrected chi connectivity index (χ3v) is 4.39. The molecule has 0 saturated carbocycles. The number of hydrogen-bond donors (Lipinski definition) is 1. The summed E-state index contributed by atoms with van der Waals surface area (Å²) in [6.45, 7) is 1.51. The van der Waals surface area contributed by atoms with E-state index in [1.165, 1.54) is 0 Å². The molecule has 116 valence electrons. The molecule has 1 heterocycles. The van der Waals surface area contributed by atoms with Crippen molar-refractivity contribution < 1.29 is 14.6 Å². The zero-order chi connectivity index (χ0) is 15.3. The van der Waals surface area contributed by atoms with Gasteiger partial charge in [0.05, 0.1) is 5.60 Å². The van der Waals surface area contributed by atoms with E-state index in [2.05, 4.69) is 15.9 Å². The van der Waals surface area contributed by atoms with Crippen LogP contribution in [0.25, 0.3) is 0 Å². The summed E-state index contributed by atoms with van der Waals surface area (Å²) in [5.41, 5.74) is 0.342. The third kappa shape index (κ3) is 5.09. The van der Waals surface area contributed by atoms with Gasteiger partial charge < -0.3 is 14.7 Å². The predicted octanol–water partition coefficient (Wildman–Crippen LogP) is 2.38. The Balaban J connectivity index is 1.82. The van der Waals surface area contributed by atoms with Crippen LogP contribution in [-0.2, 0) is 16.0 Å². The highest BCUT2D eigenvalue weighted by Gasteiger charge is 2.32. The lowest BCUT2D eigenvalue weighted by Gasteiger charge is -2.35. The molecule has 1 aromatic rings. The van der Waals surface area contributed by atoms with Gasteiger partial charge in [0.2, 0.25) is 5.91 Å². The highest BCUT2D eigenvalue weighted by Crippen LogP contribution is 2.21. The molecule has 1 aliphatic heterocycles. The Bertz CT molecular complexity index is 486. The van der Waals surface area contributed by atoms with Crippen molar-refractivity contribution in [3.8, 4) is 0 Å². The summed E-state index contributed by atoms with van der Waals surface area (Å²) in [4.78, 5) is 13.8. The maximum absolute atomic E-state index is 12.2. The zero-order valence-corrected chi connectivity index (χ0v) is 13.9. The van der Waals surface area contributed by atoms with Crippen LogP contribution in [0.15, 0.2) is 28.7 Å². The van der Waals surface area contributed by atoms with E-state index in [0.717, 1.165) is 10.0 Å². The highest BCUT2D eigenvalue weighted by molar-refractivity contribution is 9.10. The number of benzene rings is 1. The van der Waals surface area contributed by atoms with Gasteiger partial charge in [0.25, 0.3) is 0 Å². The second-order valence-corrected chi connectivity index (χ2v) is 6.63. The first-order valence-electron chi connectivity index (χ1n) is 7.27. The van der Waals surface area contributed by atoms with E-state index in [1.807, 2.05) is 24.3 Å². The van der Waals surface area contributed by atoms with Crippen LogP contribution in [0.1, 0.15) is 24.8 Å². The van der Waals surface area contributed by atoms with Crippen LogP contribution in [0.4, 0.5) is 0 Å². The molecule has 1 fully saturated rings. The third-order valence-electron chi connectivity index (χ3n) is 3.90. The number of amides is 1. The van der Waals surface area contributed by atoms with E-state index in [9.17, 15) is 9.90 Å². The summed E-state index contributed by atoms with van der Waals surface area (Å²) in [5, 5.41) is 10.4. The summed E-state index contributed by atoms with van der Waals surface area (Å²) in [5.74, 6) is 0.0647. The van der Waals surface area contributed by atoms with E-state index in [1.54, 1.807) is 11.9 Å². The van der Waals surface area contributed by atoms with Crippen LogP contribution in [0.3, 0.4) is 0 Å². The molecule has 1 saturated heterocycles. The fraction of sp³-hybridized carbons (Fsp3) is 0.562. The van der Waals surface area contributed by atoms with Gasteiger partial charge in [-0.1, -0.05) is 28.1 Å². The van der Waals surface area contributed by atoms with E-state index in [-0.39, 0.29) is 5.91 Å². The Labute approximate surface area is 134 Å². The van der Waals surface area contributed by atoms with Gasteiger partial charge >= 0.3 is 0 Å². The number of carbonyl (C=O) groups excluding carboxylic acids is 1. The zero-order valence-electron chi connectivity index (χ0n) is 12.3. The minimum absolute atomic E-state index is 0.0647. The van der Waals surface area contributed by atoms with E-state index in [0.29, 0.717) is 45.4 Å². The molecule has 0 radical (unpaired) electrons. The lowest BCUT2D eigenvalue weighted by Crippen LogP contribution is -2.47. The molecule has 0 bridgehead atoms. The van der Waals surface area contributed by atoms with Gasteiger partial charge in [0, 0.05) is 50.5 Å². The second kappa shape index (κ2) is 7.38. The Morgan fingerprint density at radius 2 is 2.14 bits per heavy atom. The van der Waals surface area contributed by atoms with Crippen molar-refractivity contribution in [1.82, 2.24) is 4.90 Å². The number of carbonyl (C=O) groups is 1. The molecule has 5 heteroatoms. The van der Waals surface area contributed by atoms with Gasteiger partial charge in [-0.15, -0.1) is 0 Å². The Morgan fingerprint density at radius 1 is 1.43 bits per heavy atom. The van der Waals surface area contributed by atoms with Crippen molar-refractivity contribution in [2.24, 2.45) is 0 Å². The smallest absolute Gasteiger partial charge is 0.222 e. The topological polar surface area (TPSA) is 49.8 Å². The van der Waals surface area contributed by atoms with E-state index < -0.39 is 5.60 Å². The minimum atomic E-state index is -0.793. The lowest BCUT2D eigenvalue weighted by molar-refractivity contribution is -0.136. The van der Waals surface area contributed by atoms with Crippen LogP contribution >= 0.6 is 15.9 Å². The molecule has 0 aliphatic carbocycles. The molecule has 1 aromatic carbocycles. The van der Waals surface area contributed by atoms with Gasteiger partial charge in [0.15, 0.2) is 0 Å². The minimum Gasteiger partial charge on any atom is -0.388 e. The van der Waals surface area contributed by atoms with Crippen molar-refractivity contribution in [2.45, 2.75) is 31.3 Å².